The van der Waals surface area contributed by atoms with Crippen LogP contribution in [-0.4, -0.2) is 38.7 Å². The molecule has 1 unspecified atom stereocenters. The monoisotopic (exact) mass is 507 g/mol. The van der Waals surface area contributed by atoms with Gasteiger partial charge in [-0.05, 0) is 41.7 Å². The number of thiophene rings is 1. The molecule has 7 nitrogen and oxygen atoms in total. The van der Waals surface area contributed by atoms with Gasteiger partial charge in [0.2, 0.25) is 0 Å². The van der Waals surface area contributed by atoms with Gasteiger partial charge >= 0.3 is 11.9 Å². The molecule has 0 aliphatic heterocycles. The lowest BCUT2D eigenvalue weighted by Crippen LogP contribution is -2.22. The molecule has 188 valence electrons. The van der Waals surface area contributed by atoms with Crippen LogP contribution in [0.4, 0.5) is 5.00 Å². The zero-order valence-corrected chi connectivity index (χ0v) is 21.6. The van der Waals surface area contributed by atoms with Crippen LogP contribution in [0.25, 0.3) is 0 Å². The number of carbonyl (C=O) groups is 3. The van der Waals surface area contributed by atoms with Crippen molar-refractivity contribution in [1.82, 2.24) is 0 Å². The Morgan fingerprint density at radius 3 is 2.28 bits per heavy atom. The van der Waals surface area contributed by atoms with Gasteiger partial charge in [0.1, 0.15) is 10.8 Å². The summed E-state index contributed by atoms with van der Waals surface area (Å²) in [6.45, 7) is 4.09. The van der Waals surface area contributed by atoms with Crippen LogP contribution >= 0.6 is 11.3 Å². The van der Waals surface area contributed by atoms with E-state index in [-0.39, 0.29) is 17.6 Å². The van der Waals surface area contributed by atoms with E-state index < -0.39 is 23.8 Å². The van der Waals surface area contributed by atoms with Gasteiger partial charge < -0.3 is 19.5 Å². The number of aryl methyl sites for hydroxylation is 1. The van der Waals surface area contributed by atoms with Crippen molar-refractivity contribution in [3.05, 3.63) is 81.7 Å². The molecule has 0 fully saturated rings. The predicted octanol–water partition coefficient (Wildman–Crippen LogP) is 5.08. The van der Waals surface area contributed by atoms with E-state index in [1.807, 2.05) is 42.5 Å². The number of fused-ring (bicyclic) bond motifs is 1. The number of rotatable bonds is 8. The van der Waals surface area contributed by atoms with Crippen molar-refractivity contribution in [2.45, 2.75) is 38.0 Å². The van der Waals surface area contributed by atoms with E-state index in [1.54, 1.807) is 0 Å². The van der Waals surface area contributed by atoms with Gasteiger partial charge in [-0.15, -0.1) is 11.3 Å². The van der Waals surface area contributed by atoms with Crippen molar-refractivity contribution < 1.29 is 28.6 Å². The molecular formula is C28H29NO6S. The molecule has 0 spiro atoms. The van der Waals surface area contributed by atoms with Crippen LogP contribution in [0.15, 0.2) is 54.6 Å². The number of nitrogens with one attached hydrogen (secondary N) is 1. The van der Waals surface area contributed by atoms with Gasteiger partial charge in [-0.3, -0.25) is 9.59 Å². The van der Waals surface area contributed by atoms with Crippen molar-refractivity contribution in [1.29, 1.82) is 0 Å². The minimum atomic E-state index is -0.601. The minimum absolute atomic E-state index is 0.178. The third-order valence-corrected chi connectivity index (χ3v) is 7.78. The van der Waals surface area contributed by atoms with Gasteiger partial charge in [0.25, 0.3) is 5.91 Å². The highest BCUT2D eigenvalue weighted by molar-refractivity contribution is 7.17. The van der Waals surface area contributed by atoms with Crippen LogP contribution in [0.2, 0.25) is 0 Å². The summed E-state index contributed by atoms with van der Waals surface area (Å²) in [6.07, 6.45) is 1.19. The van der Waals surface area contributed by atoms with Crippen molar-refractivity contribution >= 4 is 34.2 Å². The number of ether oxygens (including phenoxy) is 3. The van der Waals surface area contributed by atoms with Gasteiger partial charge in [-0.1, -0.05) is 56.3 Å². The molecule has 2 aromatic carbocycles. The van der Waals surface area contributed by atoms with Crippen LogP contribution in [-0.2, 0) is 30.9 Å². The second kappa shape index (κ2) is 10.5. The summed E-state index contributed by atoms with van der Waals surface area (Å²) in [6, 6.07) is 17.9. The van der Waals surface area contributed by atoms with Crippen molar-refractivity contribution in [3.63, 3.8) is 0 Å². The van der Waals surface area contributed by atoms with Gasteiger partial charge in [0.15, 0.2) is 6.61 Å². The van der Waals surface area contributed by atoms with E-state index in [9.17, 15) is 14.4 Å². The second-order valence-electron chi connectivity index (χ2n) is 9.10. The first-order valence-electron chi connectivity index (χ1n) is 11.7. The Morgan fingerprint density at radius 2 is 1.64 bits per heavy atom. The fraction of sp³-hybridized carbons (Fsp3) is 0.321. The number of benzene rings is 2. The Bertz CT molecular complexity index is 1260. The van der Waals surface area contributed by atoms with Gasteiger partial charge in [0, 0.05) is 10.3 Å². The van der Waals surface area contributed by atoms with E-state index >= 15 is 0 Å². The average molecular weight is 508 g/mol. The number of hydrogen-bond donors (Lipinski definition) is 1. The zero-order valence-electron chi connectivity index (χ0n) is 20.8. The fourth-order valence-electron chi connectivity index (χ4n) is 4.54. The lowest BCUT2D eigenvalue weighted by atomic mass is 9.78. The van der Waals surface area contributed by atoms with Crippen LogP contribution in [0.5, 0.6) is 5.75 Å². The number of esters is 2. The number of hydrogen-bond acceptors (Lipinski definition) is 7. The maximum atomic E-state index is 12.7. The quantitative estimate of drug-likeness (QED) is 0.428. The first-order valence-corrected chi connectivity index (χ1v) is 12.5. The van der Waals surface area contributed by atoms with Crippen molar-refractivity contribution in [2.24, 2.45) is 0 Å². The van der Waals surface area contributed by atoms with Gasteiger partial charge in [-0.2, -0.15) is 0 Å². The molecule has 8 heteroatoms. The normalized spacial score (nSPS) is 14.6. The minimum Gasteiger partial charge on any atom is -0.484 e. The topological polar surface area (TPSA) is 90.9 Å². The van der Waals surface area contributed by atoms with Crippen LogP contribution in [0.1, 0.15) is 58.1 Å². The molecule has 1 aromatic heterocycles. The lowest BCUT2D eigenvalue weighted by molar-refractivity contribution is -0.142. The molecule has 0 bridgehead atoms. The van der Waals surface area contributed by atoms with E-state index in [4.69, 9.17) is 14.2 Å². The molecule has 1 heterocycles. The number of anilines is 1. The maximum Gasteiger partial charge on any atom is 0.341 e. The molecule has 1 atom stereocenters. The Labute approximate surface area is 214 Å². The van der Waals surface area contributed by atoms with Gasteiger partial charge in [0.05, 0.1) is 25.7 Å². The molecule has 3 aromatic rings. The third-order valence-electron chi connectivity index (χ3n) is 6.60. The molecule has 1 aliphatic carbocycles. The molecule has 1 aliphatic rings. The number of carbonyl (C=O) groups excluding carboxylic acids is 3. The molecule has 4 rings (SSSR count). The van der Waals surface area contributed by atoms with E-state index in [0.717, 1.165) is 10.4 Å². The molecule has 0 radical (unpaired) electrons. The summed E-state index contributed by atoms with van der Waals surface area (Å²) in [5.74, 6) is -1.40. The van der Waals surface area contributed by atoms with E-state index in [2.05, 4.69) is 31.3 Å². The fourth-order valence-corrected chi connectivity index (χ4v) is 5.82. The molecular weight excluding hydrogens is 478 g/mol. The molecule has 0 saturated heterocycles. The summed E-state index contributed by atoms with van der Waals surface area (Å²) < 4.78 is 15.5. The number of methoxy groups -OCH3 is 2. The number of amides is 1. The first kappa shape index (κ1) is 25.4. The van der Waals surface area contributed by atoms with Gasteiger partial charge in [-0.25, -0.2) is 4.79 Å². The largest absolute Gasteiger partial charge is 0.484 e. The molecule has 36 heavy (non-hydrogen) atoms. The zero-order chi connectivity index (χ0) is 25.9. The molecule has 1 N–H and O–H groups in total. The smallest absolute Gasteiger partial charge is 0.341 e. The van der Waals surface area contributed by atoms with Crippen LogP contribution < -0.4 is 10.1 Å². The average Bonchev–Trinajstić information content (AvgIpc) is 3.46. The van der Waals surface area contributed by atoms with E-state index in [1.165, 1.54) is 31.1 Å². The van der Waals surface area contributed by atoms with Crippen LogP contribution in [0, 0.1) is 0 Å². The summed E-state index contributed by atoms with van der Waals surface area (Å²) in [5.41, 5.74) is 2.96. The second-order valence-corrected chi connectivity index (χ2v) is 10.2. The summed E-state index contributed by atoms with van der Waals surface area (Å²) in [4.78, 5) is 38.3. The highest BCUT2D eigenvalue weighted by Crippen LogP contribution is 2.46. The van der Waals surface area contributed by atoms with Crippen molar-refractivity contribution in [3.8, 4) is 5.75 Å². The Morgan fingerprint density at radius 1 is 0.972 bits per heavy atom. The van der Waals surface area contributed by atoms with Crippen LogP contribution in [0.3, 0.4) is 0 Å². The summed E-state index contributed by atoms with van der Waals surface area (Å²) in [5, 5.41) is 3.12. The maximum absolute atomic E-state index is 12.7. The Hall–Kier alpha value is -3.65. The Balaban J connectivity index is 1.44. The summed E-state index contributed by atoms with van der Waals surface area (Å²) in [7, 11) is 2.59. The standard InChI is InChI=1S/C28H29NO6S/c1-28(2,17-8-6-5-7-9-17)18-10-12-19(13-11-18)35-16-22(30)29-25-24(27(32)34-4)23-20(26(31)33-3)14-15-21(23)36-25/h5-13,20H,14-16H2,1-4H3,(H,29,30). The molecule has 0 saturated carbocycles. The Kier molecular flexibility index (Phi) is 7.45. The SMILES string of the molecule is COC(=O)c1c(NC(=O)COc2ccc(C(C)(C)c3ccccc3)cc2)sc2c1C(C(=O)OC)CC2. The first-order chi connectivity index (χ1) is 17.3. The predicted molar refractivity (Wildman–Crippen MR) is 138 cm³/mol. The molecule has 1 amide bonds. The van der Waals surface area contributed by atoms with E-state index in [0.29, 0.717) is 29.2 Å². The third kappa shape index (κ3) is 4.99. The summed E-state index contributed by atoms with van der Waals surface area (Å²) >= 11 is 1.28. The lowest BCUT2D eigenvalue weighted by Gasteiger charge is -2.26. The highest BCUT2D eigenvalue weighted by Gasteiger charge is 2.38. The highest BCUT2D eigenvalue weighted by atomic mass is 32.1. The van der Waals surface area contributed by atoms with Crippen molar-refractivity contribution in [2.75, 3.05) is 26.1 Å².